The first-order chi connectivity index (χ1) is 19.5. The highest BCUT2D eigenvalue weighted by Crippen LogP contribution is 2.27. The van der Waals surface area contributed by atoms with E-state index in [0.29, 0.717) is 6.42 Å². The lowest BCUT2D eigenvalue weighted by Crippen LogP contribution is -2.55. The van der Waals surface area contributed by atoms with Gasteiger partial charge in [0.1, 0.15) is 6.04 Å². The quantitative estimate of drug-likeness (QED) is 0.0756. The van der Waals surface area contributed by atoms with Crippen LogP contribution >= 0.6 is 33.9 Å². The number of amides is 3. The molecule has 7 nitrogen and oxygen atoms in total. The maximum Gasteiger partial charge on any atom is 0.282 e. The van der Waals surface area contributed by atoms with Gasteiger partial charge in [0.15, 0.2) is 6.17 Å². The Labute approximate surface area is 250 Å². The summed E-state index contributed by atoms with van der Waals surface area (Å²) in [5, 5.41) is 17.1. The molecule has 1 fully saturated rings. The summed E-state index contributed by atoms with van der Waals surface area (Å²) in [5.41, 5.74) is 1.75. The van der Waals surface area contributed by atoms with Gasteiger partial charge in [-0.1, -0.05) is 60.4 Å². The Morgan fingerprint density at radius 3 is 2.50 bits per heavy atom. The highest BCUT2D eigenvalue weighted by Gasteiger charge is 2.28. The van der Waals surface area contributed by atoms with E-state index in [9.17, 15) is 14.4 Å². The second-order valence-electron chi connectivity index (χ2n) is 9.74. The molecular formula is C31H29IN4O3S. The van der Waals surface area contributed by atoms with Crippen molar-refractivity contribution < 1.29 is 14.4 Å². The molecule has 2 atom stereocenters. The largest absolute Gasteiger partial charge is 0.344 e. The summed E-state index contributed by atoms with van der Waals surface area (Å²) in [6, 6.07) is 21.0. The molecule has 0 radical (unpaired) electrons. The van der Waals surface area contributed by atoms with Crippen LogP contribution in [0.3, 0.4) is 0 Å². The average Bonchev–Trinajstić information content (AvgIpc) is 3.38. The fourth-order valence-electron chi connectivity index (χ4n) is 4.88. The van der Waals surface area contributed by atoms with Crippen molar-refractivity contribution in [2.45, 2.75) is 31.5 Å². The molecule has 2 heterocycles. The zero-order valence-corrected chi connectivity index (χ0v) is 24.7. The third-order valence-corrected chi connectivity index (χ3v) is 8.31. The van der Waals surface area contributed by atoms with E-state index in [-0.39, 0.29) is 15.7 Å². The minimum absolute atomic E-state index is 0.127. The molecule has 9 heteroatoms. The zero-order chi connectivity index (χ0) is 27.9. The van der Waals surface area contributed by atoms with Gasteiger partial charge in [0.25, 0.3) is 3.91 Å². The highest BCUT2D eigenvalue weighted by molar-refractivity contribution is 14.1. The molecule has 0 aliphatic carbocycles. The molecule has 1 saturated heterocycles. The Morgan fingerprint density at radius 1 is 0.950 bits per heavy atom. The number of hydrogen-bond donors (Lipinski definition) is 4. The highest BCUT2D eigenvalue weighted by atomic mass is 127. The van der Waals surface area contributed by atoms with E-state index in [1.165, 1.54) is 0 Å². The zero-order valence-electron chi connectivity index (χ0n) is 21.7. The molecule has 1 aliphatic rings. The van der Waals surface area contributed by atoms with E-state index in [1.54, 1.807) is 33.9 Å². The summed E-state index contributed by atoms with van der Waals surface area (Å²) < 4.78 is 0.771. The van der Waals surface area contributed by atoms with E-state index in [4.69, 9.17) is 0 Å². The van der Waals surface area contributed by atoms with Gasteiger partial charge in [0.05, 0.1) is 0 Å². The normalized spacial score (nSPS) is 15.0. The number of hydrogen-bond acceptors (Lipinski definition) is 5. The molecule has 40 heavy (non-hydrogen) atoms. The third kappa shape index (κ3) is 7.18. The molecule has 0 bridgehead atoms. The minimum atomic E-state index is -0.930. The smallest absolute Gasteiger partial charge is 0.282 e. The van der Waals surface area contributed by atoms with Crippen LogP contribution in [0.5, 0.6) is 0 Å². The van der Waals surface area contributed by atoms with Gasteiger partial charge in [0.2, 0.25) is 11.8 Å². The van der Waals surface area contributed by atoms with Gasteiger partial charge in [0, 0.05) is 45.2 Å². The average molecular weight is 665 g/mol. The molecule has 5 rings (SSSR count). The first-order valence-electron chi connectivity index (χ1n) is 13.2. The van der Waals surface area contributed by atoms with Crippen molar-refractivity contribution in [2.24, 2.45) is 5.92 Å². The predicted molar refractivity (Wildman–Crippen MR) is 168 cm³/mol. The van der Waals surface area contributed by atoms with Crippen LogP contribution in [0.2, 0.25) is 0 Å². The fraction of sp³-hybridized carbons (Fsp3) is 0.258. The van der Waals surface area contributed by atoms with E-state index in [2.05, 4.69) is 33.1 Å². The summed E-state index contributed by atoms with van der Waals surface area (Å²) in [6.45, 7) is 1.55. The Balaban J connectivity index is 1.37. The standard InChI is InChI=1S/C31H29IN4O3S/c32-31(39)36-28(12-10-20-9-11-21-5-1-2-6-23(21)17-20)35-30(38)26(34-29(37)22-13-15-33-16-14-22)18-24-19-40-27-8-4-3-7-25(24)27/h1-9,11,17,19,22,26,28,33H,13-16,18H2,(H,34,37)(H,35,38)(H,36,39)/t26-,28+/m1/s1. The van der Waals surface area contributed by atoms with Crippen molar-refractivity contribution in [3.8, 4) is 11.8 Å². The molecule has 3 amide bonds. The number of benzene rings is 3. The van der Waals surface area contributed by atoms with Crippen molar-refractivity contribution in [1.82, 2.24) is 21.3 Å². The maximum atomic E-state index is 13.6. The van der Waals surface area contributed by atoms with Gasteiger partial charge >= 0.3 is 0 Å². The van der Waals surface area contributed by atoms with E-state index in [0.717, 1.165) is 57.9 Å². The van der Waals surface area contributed by atoms with Crippen LogP contribution in [-0.2, 0) is 16.0 Å². The van der Waals surface area contributed by atoms with Crippen LogP contribution in [-0.4, -0.2) is 41.0 Å². The van der Waals surface area contributed by atoms with Crippen LogP contribution in [0.15, 0.2) is 72.1 Å². The van der Waals surface area contributed by atoms with E-state index >= 15 is 0 Å². The monoisotopic (exact) mass is 664 g/mol. The van der Waals surface area contributed by atoms with Gasteiger partial charge in [-0.05, 0) is 71.2 Å². The second kappa shape index (κ2) is 13.3. The fourth-order valence-corrected chi connectivity index (χ4v) is 6.17. The first-order valence-corrected chi connectivity index (χ1v) is 15.1. The number of carbonyl (C=O) groups excluding carboxylic acids is 3. The third-order valence-electron chi connectivity index (χ3n) is 6.98. The van der Waals surface area contributed by atoms with Gasteiger partial charge in [-0.3, -0.25) is 14.4 Å². The summed E-state index contributed by atoms with van der Waals surface area (Å²) in [5.74, 6) is 5.38. The van der Waals surface area contributed by atoms with Crippen molar-refractivity contribution >= 4 is 70.5 Å². The Morgan fingerprint density at radius 2 is 1.70 bits per heavy atom. The Hall–Kier alpha value is -3.46. The van der Waals surface area contributed by atoms with Crippen molar-refractivity contribution in [1.29, 1.82) is 0 Å². The van der Waals surface area contributed by atoms with Gasteiger partial charge in [-0.25, -0.2) is 0 Å². The number of rotatable bonds is 7. The van der Waals surface area contributed by atoms with Gasteiger partial charge < -0.3 is 21.3 Å². The molecule has 204 valence electrons. The van der Waals surface area contributed by atoms with Crippen LogP contribution in [0.1, 0.15) is 24.0 Å². The summed E-state index contributed by atoms with van der Waals surface area (Å²) in [7, 11) is 0. The topological polar surface area (TPSA) is 99.3 Å². The molecule has 0 saturated carbocycles. The van der Waals surface area contributed by atoms with E-state index in [1.807, 2.05) is 72.1 Å². The lowest BCUT2D eigenvalue weighted by Gasteiger charge is -2.26. The summed E-state index contributed by atoms with van der Waals surface area (Å²) in [4.78, 5) is 38.8. The van der Waals surface area contributed by atoms with Crippen LogP contribution in [0.25, 0.3) is 20.9 Å². The number of carbonyl (C=O) groups is 3. The SMILES string of the molecule is O=C(I)N[C@@H](C#Cc1ccc2ccccc2c1)NC(=O)[C@@H](Cc1csc2ccccc12)NC(=O)C1CCNCC1. The second-order valence-corrected chi connectivity index (χ2v) is 11.6. The summed E-state index contributed by atoms with van der Waals surface area (Å²) in [6.07, 6.45) is 0.856. The van der Waals surface area contributed by atoms with Crippen LogP contribution in [0.4, 0.5) is 4.79 Å². The Bertz CT molecular complexity index is 1600. The number of thiophene rings is 1. The maximum absolute atomic E-state index is 13.6. The summed E-state index contributed by atoms with van der Waals surface area (Å²) >= 11 is 3.23. The van der Waals surface area contributed by atoms with Gasteiger partial charge in [-0.2, -0.15) is 0 Å². The van der Waals surface area contributed by atoms with Crippen molar-refractivity contribution in [2.75, 3.05) is 13.1 Å². The number of halogens is 1. The number of nitrogens with one attached hydrogen (secondary N) is 4. The van der Waals surface area contributed by atoms with E-state index < -0.39 is 18.1 Å². The van der Waals surface area contributed by atoms with Crippen molar-refractivity contribution in [3.63, 3.8) is 0 Å². The number of fused-ring (bicyclic) bond motifs is 2. The molecule has 3 aromatic carbocycles. The van der Waals surface area contributed by atoms with Crippen LogP contribution < -0.4 is 21.3 Å². The molecule has 4 N–H and O–H groups in total. The Kier molecular flexibility index (Phi) is 9.31. The molecular weight excluding hydrogens is 635 g/mol. The number of piperidine rings is 1. The van der Waals surface area contributed by atoms with Crippen molar-refractivity contribution in [3.05, 3.63) is 83.2 Å². The van der Waals surface area contributed by atoms with Crippen LogP contribution in [0, 0.1) is 17.8 Å². The molecule has 0 unspecified atom stereocenters. The lowest BCUT2D eigenvalue weighted by atomic mass is 9.96. The lowest BCUT2D eigenvalue weighted by molar-refractivity contribution is -0.131. The first kappa shape index (κ1) is 28.1. The molecule has 1 aromatic heterocycles. The molecule has 4 aromatic rings. The molecule has 1 aliphatic heterocycles. The minimum Gasteiger partial charge on any atom is -0.344 e. The predicted octanol–water partition coefficient (Wildman–Crippen LogP) is 4.72. The molecule has 0 spiro atoms. The van der Waals surface area contributed by atoms with Gasteiger partial charge in [-0.15, -0.1) is 11.3 Å².